The lowest BCUT2D eigenvalue weighted by Gasteiger charge is -2.08. The highest BCUT2D eigenvalue weighted by Gasteiger charge is 2.14. The smallest absolute Gasteiger partial charge is 0.213 e. The second kappa shape index (κ2) is 4.45. The molecule has 3 heteroatoms. The van der Waals surface area contributed by atoms with Gasteiger partial charge in [-0.3, -0.25) is 9.78 Å². The van der Waals surface area contributed by atoms with Gasteiger partial charge in [0.1, 0.15) is 5.69 Å². The number of hydrogen-bond acceptors (Lipinski definition) is 3. The summed E-state index contributed by atoms with van der Waals surface area (Å²) in [4.78, 5) is 20.2. The van der Waals surface area contributed by atoms with Gasteiger partial charge >= 0.3 is 0 Å². The average molecular weight is 226 g/mol. The minimum absolute atomic E-state index is 0.0706. The van der Waals surface area contributed by atoms with E-state index < -0.39 is 0 Å². The van der Waals surface area contributed by atoms with Crippen LogP contribution in [0.3, 0.4) is 0 Å². The molecule has 0 amide bonds. The van der Waals surface area contributed by atoms with Crippen molar-refractivity contribution in [3.63, 3.8) is 0 Å². The zero-order valence-corrected chi connectivity index (χ0v) is 10.2. The quantitative estimate of drug-likeness (QED) is 0.739. The van der Waals surface area contributed by atoms with Crippen molar-refractivity contribution in [1.29, 1.82) is 0 Å². The number of ketones is 1. The Bertz CT molecular complexity index is 562. The molecule has 3 nitrogen and oxygen atoms in total. The average Bonchev–Trinajstić information content (AvgIpc) is 2.34. The van der Waals surface area contributed by atoms with E-state index in [1.165, 1.54) is 18.0 Å². The number of benzene rings is 1. The Labute approximate surface area is 101 Å². The molecule has 0 unspecified atom stereocenters. The second-order valence-electron chi connectivity index (χ2n) is 4.17. The molecule has 0 saturated heterocycles. The second-order valence-corrected chi connectivity index (χ2v) is 4.17. The number of carbonyl (C=O) groups excluding carboxylic acids is 1. The van der Waals surface area contributed by atoms with Crippen LogP contribution in [0, 0.1) is 20.8 Å². The van der Waals surface area contributed by atoms with Gasteiger partial charge in [0.05, 0.1) is 6.20 Å². The Kier molecular flexibility index (Phi) is 3.00. The van der Waals surface area contributed by atoms with Gasteiger partial charge in [-0.05, 0) is 43.5 Å². The fourth-order valence-electron chi connectivity index (χ4n) is 1.76. The highest BCUT2D eigenvalue weighted by molar-refractivity contribution is 6.08. The van der Waals surface area contributed by atoms with Crippen molar-refractivity contribution in [3.05, 3.63) is 58.7 Å². The number of aromatic nitrogens is 2. The normalized spacial score (nSPS) is 10.3. The lowest BCUT2D eigenvalue weighted by molar-refractivity contribution is 0.103. The summed E-state index contributed by atoms with van der Waals surface area (Å²) in [6.45, 7) is 5.98. The summed E-state index contributed by atoms with van der Waals surface area (Å²) in [6.07, 6.45) is 4.59. The summed E-state index contributed by atoms with van der Waals surface area (Å²) in [5.74, 6) is -0.0706. The number of hydrogen-bond donors (Lipinski definition) is 0. The van der Waals surface area contributed by atoms with Gasteiger partial charge < -0.3 is 0 Å². The fourth-order valence-corrected chi connectivity index (χ4v) is 1.76. The van der Waals surface area contributed by atoms with Crippen LogP contribution >= 0.6 is 0 Å². The summed E-state index contributed by atoms with van der Waals surface area (Å²) < 4.78 is 0. The maximum absolute atomic E-state index is 12.2. The van der Waals surface area contributed by atoms with E-state index >= 15 is 0 Å². The summed E-state index contributed by atoms with van der Waals surface area (Å²) in [6, 6.07) is 3.95. The molecule has 0 spiro atoms. The van der Waals surface area contributed by atoms with Crippen molar-refractivity contribution in [3.8, 4) is 0 Å². The lowest BCUT2D eigenvalue weighted by Crippen LogP contribution is -2.07. The Morgan fingerprint density at radius 3 is 2.35 bits per heavy atom. The van der Waals surface area contributed by atoms with Crippen LogP contribution in [0.1, 0.15) is 32.7 Å². The number of rotatable bonds is 2. The van der Waals surface area contributed by atoms with Crippen molar-refractivity contribution in [2.75, 3.05) is 0 Å². The van der Waals surface area contributed by atoms with Crippen LogP contribution in [0.25, 0.3) is 0 Å². The van der Waals surface area contributed by atoms with Crippen molar-refractivity contribution in [2.24, 2.45) is 0 Å². The molecular weight excluding hydrogens is 212 g/mol. The zero-order valence-electron chi connectivity index (χ0n) is 10.2. The Morgan fingerprint density at radius 2 is 1.71 bits per heavy atom. The number of carbonyl (C=O) groups is 1. The first-order chi connectivity index (χ1) is 8.09. The van der Waals surface area contributed by atoms with Gasteiger partial charge in [0, 0.05) is 18.0 Å². The third-order valence-electron chi connectivity index (χ3n) is 2.88. The number of nitrogens with zero attached hydrogens (tertiary/aromatic N) is 2. The standard InChI is InChI=1S/C14H14N2O/c1-9-6-11(3)12(7-10(9)2)14(17)13-8-15-4-5-16-13/h4-8H,1-3H3. The van der Waals surface area contributed by atoms with Crippen molar-refractivity contribution in [1.82, 2.24) is 9.97 Å². The largest absolute Gasteiger partial charge is 0.287 e. The molecule has 0 radical (unpaired) electrons. The molecule has 0 fully saturated rings. The summed E-state index contributed by atoms with van der Waals surface area (Å²) in [5.41, 5.74) is 4.37. The molecule has 2 aromatic rings. The van der Waals surface area contributed by atoms with Gasteiger partial charge in [-0.2, -0.15) is 0 Å². The molecule has 0 saturated carbocycles. The first-order valence-electron chi connectivity index (χ1n) is 5.48. The van der Waals surface area contributed by atoms with Crippen LogP contribution in [-0.2, 0) is 0 Å². The molecule has 17 heavy (non-hydrogen) atoms. The highest BCUT2D eigenvalue weighted by Crippen LogP contribution is 2.17. The van der Waals surface area contributed by atoms with Gasteiger partial charge in [0.2, 0.25) is 5.78 Å². The van der Waals surface area contributed by atoms with Crippen LogP contribution in [0.5, 0.6) is 0 Å². The van der Waals surface area contributed by atoms with Gasteiger partial charge in [0.15, 0.2) is 0 Å². The number of aryl methyl sites for hydroxylation is 3. The topological polar surface area (TPSA) is 42.9 Å². The van der Waals surface area contributed by atoms with Crippen molar-refractivity contribution < 1.29 is 4.79 Å². The molecule has 0 aliphatic carbocycles. The first kappa shape index (κ1) is 11.5. The van der Waals surface area contributed by atoms with Crippen molar-refractivity contribution >= 4 is 5.78 Å². The molecule has 0 aliphatic rings. The van der Waals surface area contributed by atoms with Crippen LogP contribution in [0.2, 0.25) is 0 Å². The molecule has 86 valence electrons. The predicted octanol–water partition coefficient (Wildman–Crippen LogP) is 2.63. The molecule has 0 bridgehead atoms. The molecule has 1 aromatic carbocycles. The van der Waals surface area contributed by atoms with E-state index in [2.05, 4.69) is 9.97 Å². The Hall–Kier alpha value is -2.03. The van der Waals surface area contributed by atoms with E-state index in [0.29, 0.717) is 11.3 Å². The van der Waals surface area contributed by atoms with E-state index in [-0.39, 0.29) is 5.78 Å². The third-order valence-corrected chi connectivity index (χ3v) is 2.88. The molecule has 2 rings (SSSR count). The van der Waals surface area contributed by atoms with Crippen LogP contribution in [0.15, 0.2) is 30.7 Å². The van der Waals surface area contributed by atoms with Crippen LogP contribution in [-0.4, -0.2) is 15.8 Å². The van der Waals surface area contributed by atoms with Gasteiger partial charge in [0.25, 0.3) is 0 Å². The van der Waals surface area contributed by atoms with Crippen LogP contribution in [0.4, 0.5) is 0 Å². The molecule has 0 aliphatic heterocycles. The molecule has 0 atom stereocenters. The van der Waals surface area contributed by atoms with Gasteiger partial charge in [-0.1, -0.05) is 6.07 Å². The minimum atomic E-state index is -0.0706. The Balaban J connectivity index is 2.48. The van der Waals surface area contributed by atoms with Crippen LogP contribution < -0.4 is 0 Å². The monoisotopic (exact) mass is 226 g/mol. The van der Waals surface area contributed by atoms with E-state index in [0.717, 1.165) is 11.1 Å². The van der Waals surface area contributed by atoms with E-state index in [4.69, 9.17) is 0 Å². The van der Waals surface area contributed by atoms with Gasteiger partial charge in [-0.25, -0.2) is 4.98 Å². The lowest BCUT2D eigenvalue weighted by atomic mass is 9.97. The molecule has 1 heterocycles. The molecular formula is C14H14N2O. The maximum atomic E-state index is 12.2. The summed E-state index contributed by atoms with van der Waals surface area (Å²) >= 11 is 0. The first-order valence-corrected chi connectivity index (χ1v) is 5.48. The predicted molar refractivity (Wildman–Crippen MR) is 66.1 cm³/mol. The van der Waals surface area contributed by atoms with Crippen molar-refractivity contribution in [2.45, 2.75) is 20.8 Å². The SMILES string of the molecule is Cc1cc(C)c(C(=O)c2cnccn2)cc1C. The third kappa shape index (κ3) is 2.23. The van der Waals surface area contributed by atoms with Gasteiger partial charge in [-0.15, -0.1) is 0 Å². The summed E-state index contributed by atoms with van der Waals surface area (Å²) in [5, 5.41) is 0. The maximum Gasteiger partial charge on any atom is 0.213 e. The van der Waals surface area contributed by atoms with E-state index in [1.54, 1.807) is 6.20 Å². The minimum Gasteiger partial charge on any atom is -0.287 e. The fraction of sp³-hybridized carbons (Fsp3) is 0.214. The Morgan fingerprint density at radius 1 is 1.00 bits per heavy atom. The van der Waals surface area contributed by atoms with E-state index in [9.17, 15) is 4.79 Å². The molecule has 1 aromatic heterocycles. The summed E-state index contributed by atoms with van der Waals surface area (Å²) in [7, 11) is 0. The zero-order chi connectivity index (χ0) is 12.4. The van der Waals surface area contributed by atoms with E-state index in [1.807, 2.05) is 32.9 Å². The highest BCUT2D eigenvalue weighted by atomic mass is 16.1. The molecule has 0 N–H and O–H groups in total.